The molecule has 0 radical (unpaired) electrons. The lowest BCUT2D eigenvalue weighted by Gasteiger charge is -2.22. The monoisotopic (exact) mass is 257 g/mol. The quantitative estimate of drug-likeness (QED) is 0.820. The van der Waals surface area contributed by atoms with E-state index in [-0.39, 0.29) is 0 Å². The van der Waals surface area contributed by atoms with Crippen LogP contribution in [0.4, 0.5) is 0 Å². The Hall–Kier alpha value is -0.0500. The van der Waals surface area contributed by atoms with Gasteiger partial charge in [0.25, 0.3) is 0 Å². The Balaban J connectivity index is 1.87. The van der Waals surface area contributed by atoms with Gasteiger partial charge in [-0.3, -0.25) is 0 Å². The lowest BCUT2D eigenvalue weighted by molar-refractivity contribution is 0.326. The molecule has 1 aliphatic carbocycles. The molecule has 0 bridgehead atoms. The fraction of sp³-hybridized carbons (Fsp3) is 0.692. The third-order valence-electron chi connectivity index (χ3n) is 3.90. The molecular weight excluding hydrogens is 238 g/mol. The third kappa shape index (κ3) is 2.61. The van der Waals surface area contributed by atoms with Crippen LogP contribution >= 0.6 is 22.9 Å². The van der Waals surface area contributed by atoms with Gasteiger partial charge in [0.2, 0.25) is 0 Å². The van der Waals surface area contributed by atoms with Crippen molar-refractivity contribution < 1.29 is 0 Å². The molecule has 3 heteroatoms. The highest BCUT2D eigenvalue weighted by atomic mass is 35.5. The van der Waals surface area contributed by atoms with Gasteiger partial charge < -0.3 is 5.32 Å². The summed E-state index contributed by atoms with van der Waals surface area (Å²) in [6.45, 7) is 8.03. The van der Waals surface area contributed by atoms with Crippen LogP contribution in [0.15, 0.2) is 12.1 Å². The van der Waals surface area contributed by atoms with E-state index in [1.54, 1.807) is 11.3 Å². The average molecular weight is 258 g/mol. The van der Waals surface area contributed by atoms with Crippen LogP contribution in [-0.4, -0.2) is 6.54 Å². The van der Waals surface area contributed by atoms with Crippen molar-refractivity contribution in [2.75, 3.05) is 6.54 Å². The molecule has 1 fully saturated rings. The van der Waals surface area contributed by atoms with Gasteiger partial charge in [0.05, 0.1) is 4.34 Å². The Morgan fingerprint density at radius 2 is 2.06 bits per heavy atom. The average Bonchev–Trinajstić information content (AvgIpc) is 2.92. The molecule has 1 unspecified atom stereocenters. The molecule has 1 N–H and O–H groups in total. The summed E-state index contributed by atoms with van der Waals surface area (Å²) in [5.41, 5.74) is 0.579. The zero-order valence-electron chi connectivity index (χ0n) is 10.2. The minimum absolute atomic E-state index is 0.425. The summed E-state index contributed by atoms with van der Waals surface area (Å²) < 4.78 is 0.883. The first-order valence-electron chi connectivity index (χ1n) is 6.02. The van der Waals surface area contributed by atoms with E-state index in [0.29, 0.717) is 11.5 Å². The molecule has 1 aromatic heterocycles. The lowest BCUT2D eigenvalue weighted by Crippen LogP contribution is -2.29. The second-order valence-corrected chi connectivity index (χ2v) is 7.01. The highest BCUT2D eigenvalue weighted by molar-refractivity contribution is 7.16. The van der Waals surface area contributed by atoms with Gasteiger partial charge in [-0.05, 0) is 43.2 Å². The Bertz CT molecular complexity index is 355. The molecule has 2 rings (SSSR count). The number of thiophene rings is 1. The number of rotatable bonds is 5. The molecule has 0 amide bonds. The van der Waals surface area contributed by atoms with Crippen LogP contribution in [0.3, 0.4) is 0 Å². The Morgan fingerprint density at radius 3 is 2.50 bits per heavy atom. The number of hydrogen-bond acceptors (Lipinski definition) is 2. The van der Waals surface area contributed by atoms with Crippen molar-refractivity contribution >= 4 is 22.9 Å². The molecule has 0 saturated heterocycles. The number of hydrogen-bond donors (Lipinski definition) is 1. The molecule has 0 aliphatic heterocycles. The summed E-state index contributed by atoms with van der Waals surface area (Å²) in [4.78, 5) is 1.34. The molecule has 1 nitrogen and oxygen atoms in total. The van der Waals surface area contributed by atoms with Gasteiger partial charge in [0.1, 0.15) is 0 Å². The first-order chi connectivity index (χ1) is 7.53. The maximum absolute atomic E-state index is 5.95. The normalized spacial score (nSPS) is 20.1. The maximum Gasteiger partial charge on any atom is 0.0931 e. The number of nitrogens with one attached hydrogen (secondary N) is 1. The Labute approximate surface area is 107 Å². The van der Waals surface area contributed by atoms with Gasteiger partial charge in [-0.25, -0.2) is 0 Å². The van der Waals surface area contributed by atoms with E-state index in [9.17, 15) is 0 Å². The molecule has 1 aromatic rings. The van der Waals surface area contributed by atoms with Gasteiger partial charge in [-0.15, -0.1) is 11.3 Å². The third-order valence-corrected chi connectivity index (χ3v) is 5.31. The van der Waals surface area contributed by atoms with E-state index in [1.807, 2.05) is 6.07 Å². The molecule has 1 atom stereocenters. The Kier molecular flexibility index (Phi) is 3.62. The number of halogens is 1. The van der Waals surface area contributed by atoms with Crippen LogP contribution < -0.4 is 5.32 Å². The van der Waals surface area contributed by atoms with Crippen molar-refractivity contribution in [1.82, 2.24) is 5.32 Å². The predicted octanol–water partition coefficient (Wildman–Crippen LogP) is 4.49. The van der Waals surface area contributed by atoms with E-state index in [1.165, 1.54) is 17.7 Å². The summed E-state index contributed by atoms with van der Waals surface area (Å²) in [6.07, 6.45) is 2.77. The fourth-order valence-corrected chi connectivity index (χ4v) is 3.22. The molecule has 1 aliphatic rings. The Morgan fingerprint density at radius 1 is 1.38 bits per heavy atom. The van der Waals surface area contributed by atoms with E-state index in [4.69, 9.17) is 11.6 Å². The molecule has 0 spiro atoms. The SMILES string of the molecule is CC(NCC1(C(C)C)CC1)c1ccc(Cl)s1. The van der Waals surface area contributed by atoms with Crippen LogP contribution in [0.1, 0.15) is 44.5 Å². The van der Waals surface area contributed by atoms with Crippen molar-refractivity contribution in [2.24, 2.45) is 11.3 Å². The zero-order valence-corrected chi connectivity index (χ0v) is 11.8. The van der Waals surface area contributed by atoms with Gasteiger partial charge in [-0.2, -0.15) is 0 Å². The summed E-state index contributed by atoms with van der Waals surface area (Å²) >= 11 is 7.63. The van der Waals surface area contributed by atoms with Crippen molar-refractivity contribution in [3.63, 3.8) is 0 Å². The van der Waals surface area contributed by atoms with E-state index in [0.717, 1.165) is 16.8 Å². The van der Waals surface area contributed by atoms with Crippen LogP contribution in [-0.2, 0) is 0 Å². The highest BCUT2D eigenvalue weighted by Crippen LogP contribution is 2.51. The van der Waals surface area contributed by atoms with Crippen molar-refractivity contribution in [3.8, 4) is 0 Å². The summed E-state index contributed by atoms with van der Waals surface area (Å²) in [7, 11) is 0. The van der Waals surface area contributed by atoms with Crippen molar-refractivity contribution in [1.29, 1.82) is 0 Å². The van der Waals surface area contributed by atoms with Gasteiger partial charge in [-0.1, -0.05) is 25.4 Å². The first-order valence-corrected chi connectivity index (χ1v) is 7.21. The maximum atomic E-state index is 5.95. The second kappa shape index (κ2) is 4.67. The van der Waals surface area contributed by atoms with Gasteiger partial charge in [0, 0.05) is 17.5 Å². The smallest absolute Gasteiger partial charge is 0.0931 e. The zero-order chi connectivity index (χ0) is 11.8. The summed E-state index contributed by atoms with van der Waals surface area (Å²) in [5, 5.41) is 3.65. The molecule has 1 saturated carbocycles. The van der Waals surface area contributed by atoms with E-state index < -0.39 is 0 Å². The minimum Gasteiger partial charge on any atom is -0.309 e. The van der Waals surface area contributed by atoms with Crippen molar-refractivity contribution in [3.05, 3.63) is 21.3 Å². The topological polar surface area (TPSA) is 12.0 Å². The molecule has 1 heterocycles. The highest BCUT2D eigenvalue weighted by Gasteiger charge is 2.44. The lowest BCUT2D eigenvalue weighted by atomic mass is 9.92. The standard InChI is InChI=1S/C13H20ClNS/c1-9(2)13(6-7-13)8-15-10(3)11-4-5-12(14)16-11/h4-5,9-10,15H,6-8H2,1-3H3. The van der Waals surface area contributed by atoms with Gasteiger partial charge >= 0.3 is 0 Å². The van der Waals surface area contributed by atoms with Gasteiger partial charge in [0.15, 0.2) is 0 Å². The van der Waals surface area contributed by atoms with Crippen LogP contribution in [0.25, 0.3) is 0 Å². The largest absolute Gasteiger partial charge is 0.309 e. The molecular formula is C13H20ClNS. The van der Waals surface area contributed by atoms with Crippen LogP contribution in [0.2, 0.25) is 4.34 Å². The van der Waals surface area contributed by atoms with E-state index >= 15 is 0 Å². The van der Waals surface area contributed by atoms with E-state index in [2.05, 4.69) is 32.2 Å². The second-order valence-electron chi connectivity index (χ2n) is 5.26. The fourth-order valence-electron chi connectivity index (χ4n) is 2.14. The molecule has 16 heavy (non-hydrogen) atoms. The minimum atomic E-state index is 0.425. The van der Waals surface area contributed by atoms with Crippen LogP contribution in [0.5, 0.6) is 0 Å². The summed E-state index contributed by atoms with van der Waals surface area (Å²) in [5.74, 6) is 0.791. The summed E-state index contributed by atoms with van der Waals surface area (Å²) in [6, 6.07) is 4.53. The molecule has 90 valence electrons. The predicted molar refractivity (Wildman–Crippen MR) is 72.3 cm³/mol. The van der Waals surface area contributed by atoms with Crippen LogP contribution in [0, 0.1) is 11.3 Å². The first kappa shape index (κ1) is 12.4. The molecule has 0 aromatic carbocycles. The van der Waals surface area contributed by atoms with Crippen molar-refractivity contribution in [2.45, 2.75) is 39.7 Å².